The Labute approximate surface area is 106 Å². The summed E-state index contributed by atoms with van der Waals surface area (Å²) in [6, 6.07) is 7.77. The summed E-state index contributed by atoms with van der Waals surface area (Å²) < 4.78 is 0. The number of hydrogen-bond donors (Lipinski definition) is 1. The number of nitrogens with zero attached hydrogens (tertiary/aromatic N) is 3. The van der Waals surface area contributed by atoms with Crippen molar-refractivity contribution in [2.24, 2.45) is 0 Å². The van der Waals surface area contributed by atoms with E-state index in [0.717, 1.165) is 31.7 Å². The maximum absolute atomic E-state index is 11.0. The van der Waals surface area contributed by atoms with Gasteiger partial charge in [0.15, 0.2) is 0 Å². The zero-order valence-corrected chi connectivity index (χ0v) is 10.4. The third kappa shape index (κ3) is 2.98. The van der Waals surface area contributed by atoms with Gasteiger partial charge >= 0.3 is 0 Å². The van der Waals surface area contributed by atoms with Gasteiger partial charge in [-0.25, -0.2) is 4.98 Å². The monoisotopic (exact) mass is 244 g/mol. The fourth-order valence-corrected chi connectivity index (χ4v) is 2.20. The lowest BCUT2D eigenvalue weighted by atomic mass is 10.1. The molecule has 18 heavy (non-hydrogen) atoms. The Hall–Kier alpha value is -2.09. The molecule has 5 heteroatoms. The molecule has 0 atom stereocenters. The van der Waals surface area contributed by atoms with Gasteiger partial charge in [-0.3, -0.25) is 4.79 Å². The van der Waals surface area contributed by atoms with E-state index in [9.17, 15) is 4.79 Å². The summed E-state index contributed by atoms with van der Waals surface area (Å²) in [4.78, 5) is 17.4. The van der Waals surface area contributed by atoms with Gasteiger partial charge in [0, 0.05) is 26.1 Å². The molecular formula is C13H16N4O. The third-order valence-corrected chi connectivity index (χ3v) is 3.08. The van der Waals surface area contributed by atoms with E-state index in [0.29, 0.717) is 5.69 Å². The quantitative estimate of drug-likeness (QED) is 0.844. The van der Waals surface area contributed by atoms with Gasteiger partial charge in [0.25, 0.3) is 0 Å². The Morgan fingerprint density at radius 2 is 2.22 bits per heavy atom. The first-order valence-corrected chi connectivity index (χ1v) is 6.08. The molecule has 0 unspecified atom stereocenters. The molecule has 1 aromatic heterocycles. The second-order valence-corrected chi connectivity index (χ2v) is 4.45. The van der Waals surface area contributed by atoms with Crippen molar-refractivity contribution < 1.29 is 4.79 Å². The van der Waals surface area contributed by atoms with E-state index in [1.807, 2.05) is 18.2 Å². The van der Waals surface area contributed by atoms with Gasteiger partial charge in [-0.05, 0) is 25.0 Å². The van der Waals surface area contributed by atoms with E-state index in [-0.39, 0.29) is 11.9 Å². The molecule has 1 amide bonds. The predicted molar refractivity (Wildman–Crippen MR) is 68.0 cm³/mol. The Morgan fingerprint density at radius 1 is 1.50 bits per heavy atom. The number of hydrogen-bond acceptors (Lipinski definition) is 4. The number of nitrogens with one attached hydrogen (secondary N) is 1. The molecular weight excluding hydrogens is 228 g/mol. The first kappa shape index (κ1) is 12.4. The molecule has 0 saturated carbocycles. The highest BCUT2D eigenvalue weighted by Crippen LogP contribution is 2.18. The normalized spacial score (nSPS) is 16.1. The third-order valence-electron chi connectivity index (χ3n) is 3.08. The number of nitriles is 1. The van der Waals surface area contributed by atoms with Gasteiger partial charge in [0.2, 0.25) is 5.91 Å². The van der Waals surface area contributed by atoms with Crippen molar-refractivity contribution in [3.63, 3.8) is 0 Å². The summed E-state index contributed by atoms with van der Waals surface area (Å²) >= 11 is 0. The van der Waals surface area contributed by atoms with Crippen LogP contribution in [0.3, 0.4) is 0 Å². The minimum Gasteiger partial charge on any atom is -0.356 e. The van der Waals surface area contributed by atoms with E-state index in [2.05, 4.69) is 15.2 Å². The molecule has 1 saturated heterocycles. The number of aromatic nitrogens is 1. The fourth-order valence-electron chi connectivity index (χ4n) is 2.20. The lowest BCUT2D eigenvalue weighted by Crippen LogP contribution is -2.44. The van der Waals surface area contributed by atoms with Crippen molar-refractivity contribution in [3.05, 3.63) is 23.9 Å². The predicted octanol–water partition coefficient (Wildman–Crippen LogP) is 1.06. The zero-order chi connectivity index (χ0) is 13.0. The molecule has 1 fully saturated rings. The summed E-state index contributed by atoms with van der Waals surface area (Å²) in [5.41, 5.74) is 0.441. The van der Waals surface area contributed by atoms with Crippen LogP contribution in [0.4, 0.5) is 5.82 Å². The van der Waals surface area contributed by atoms with Crippen molar-refractivity contribution in [1.29, 1.82) is 5.26 Å². The van der Waals surface area contributed by atoms with Gasteiger partial charge in [-0.15, -0.1) is 0 Å². The molecule has 0 radical (unpaired) electrons. The van der Waals surface area contributed by atoms with Crippen molar-refractivity contribution >= 4 is 11.7 Å². The second kappa shape index (κ2) is 5.50. The molecule has 94 valence electrons. The first-order chi connectivity index (χ1) is 8.69. The highest BCUT2D eigenvalue weighted by Gasteiger charge is 2.20. The van der Waals surface area contributed by atoms with Gasteiger partial charge in [-0.2, -0.15) is 5.26 Å². The molecule has 0 spiro atoms. The number of rotatable bonds is 2. The van der Waals surface area contributed by atoms with E-state index >= 15 is 0 Å². The molecule has 1 aliphatic heterocycles. The van der Waals surface area contributed by atoms with E-state index < -0.39 is 0 Å². The van der Waals surface area contributed by atoms with Crippen LogP contribution in [0.5, 0.6) is 0 Å². The fraction of sp³-hybridized carbons (Fsp3) is 0.462. The largest absolute Gasteiger partial charge is 0.356 e. The minimum atomic E-state index is 0.0260. The van der Waals surface area contributed by atoms with Crippen LogP contribution in [0.15, 0.2) is 18.2 Å². The van der Waals surface area contributed by atoms with Crippen molar-refractivity contribution in [3.8, 4) is 6.07 Å². The minimum absolute atomic E-state index is 0.0260. The molecule has 5 nitrogen and oxygen atoms in total. The van der Waals surface area contributed by atoms with Crippen LogP contribution in [0.25, 0.3) is 0 Å². The summed E-state index contributed by atoms with van der Waals surface area (Å²) in [5.74, 6) is 0.869. The topological polar surface area (TPSA) is 69.0 Å². The number of amides is 1. The van der Waals surface area contributed by atoms with Crippen LogP contribution in [0.2, 0.25) is 0 Å². The van der Waals surface area contributed by atoms with Crippen molar-refractivity contribution in [2.45, 2.75) is 25.8 Å². The number of carbonyl (C=O) groups excluding carboxylic acids is 1. The smallest absolute Gasteiger partial charge is 0.217 e. The Balaban J connectivity index is 1.97. The lowest BCUT2D eigenvalue weighted by Gasteiger charge is -2.33. The summed E-state index contributed by atoms with van der Waals surface area (Å²) in [6.45, 7) is 3.25. The van der Waals surface area contributed by atoms with Crippen LogP contribution in [0, 0.1) is 11.3 Å². The van der Waals surface area contributed by atoms with Gasteiger partial charge in [0.05, 0.1) is 0 Å². The maximum Gasteiger partial charge on any atom is 0.217 e. The Kier molecular flexibility index (Phi) is 3.78. The number of carbonyl (C=O) groups is 1. The lowest BCUT2D eigenvalue weighted by molar-refractivity contribution is -0.119. The van der Waals surface area contributed by atoms with Crippen LogP contribution in [0.1, 0.15) is 25.5 Å². The number of piperidine rings is 1. The highest BCUT2D eigenvalue weighted by atomic mass is 16.1. The van der Waals surface area contributed by atoms with E-state index in [1.165, 1.54) is 0 Å². The SMILES string of the molecule is CC(=O)NC1CCN(c2cccc(C#N)n2)CC1. The molecule has 1 aromatic rings. The van der Waals surface area contributed by atoms with Crippen LogP contribution in [-0.2, 0) is 4.79 Å². The summed E-state index contributed by atoms with van der Waals surface area (Å²) in [5, 5.41) is 11.8. The van der Waals surface area contributed by atoms with Gasteiger partial charge < -0.3 is 10.2 Å². The molecule has 2 rings (SSSR count). The molecule has 0 aliphatic carbocycles. The maximum atomic E-state index is 11.0. The Bertz CT molecular complexity index is 472. The number of pyridine rings is 1. The van der Waals surface area contributed by atoms with Crippen molar-refractivity contribution in [1.82, 2.24) is 10.3 Å². The molecule has 1 N–H and O–H groups in total. The highest BCUT2D eigenvalue weighted by molar-refractivity contribution is 5.73. The summed E-state index contributed by atoms with van der Waals surface area (Å²) in [6.07, 6.45) is 1.83. The zero-order valence-electron chi connectivity index (χ0n) is 10.4. The molecule has 0 aromatic carbocycles. The number of anilines is 1. The van der Waals surface area contributed by atoms with Crippen LogP contribution < -0.4 is 10.2 Å². The summed E-state index contributed by atoms with van der Waals surface area (Å²) in [7, 11) is 0. The van der Waals surface area contributed by atoms with Crippen LogP contribution >= 0.6 is 0 Å². The molecule has 1 aliphatic rings. The van der Waals surface area contributed by atoms with Crippen LogP contribution in [-0.4, -0.2) is 30.0 Å². The van der Waals surface area contributed by atoms with Gasteiger partial charge in [0.1, 0.15) is 17.6 Å². The van der Waals surface area contributed by atoms with Gasteiger partial charge in [-0.1, -0.05) is 6.07 Å². The average molecular weight is 244 g/mol. The van der Waals surface area contributed by atoms with E-state index in [1.54, 1.807) is 13.0 Å². The molecule has 0 bridgehead atoms. The first-order valence-electron chi connectivity index (χ1n) is 6.08. The Morgan fingerprint density at radius 3 is 2.83 bits per heavy atom. The standard InChI is InChI=1S/C13H16N4O/c1-10(18)15-11-5-7-17(8-6-11)13-4-2-3-12(9-14)16-13/h2-4,11H,5-8H2,1H3,(H,15,18). The van der Waals surface area contributed by atoms with Crippen molar-refractivity contribution in [2.75, 3.05) is 18.0 Å². The average Bonchev–Trinajstić information content (AvgIpc) is 2.39. The second-order valence-electron chi connectivity index (χ2n) is 4.45. The van der Waals surface area contributed by atoms with E-state index in [4.69, 9.17) is 5.26 Å². The molecule has 2 heterocycles.